The minimum Gasteiger partial charge on any atom is -0.326 e. The quantitative estimate of drug-likeness (QED) is 0.806. The highest BCUT2D eigenvalue weighted by Gasteiger charge is 2.13. The van der Waals surface area contributed by atoms with Crippen molar-refractivity contribution in [3.63, 3.8) is 0 Å². The van der Waals surface area contributed by atoms with E-state index in [0.717, 1.165) is 18.5 Å². The van der Waals surface area contributed by atoms with Gasteiger partial charge in [-0.2, -0.15) is 0 Å². The zero-order chi connectivity index (χ0) is 12.4. The number of carbonyl (C=O) groups is 1. The molecule has 0 spiro atoms. The lowest BCUT2D eigenvalue weighted by Crippen LogP contribution is -2.09. The normalized spacial score (nSPS) is 14.6. The number of fused-ring (bicyclic) bond motifs is 1. The predicted molar refractivity (Wildman–Crippen MR) is 73.4 cm³/mol. The van der Waals surface area contributed by atoms with E-state index in [0.29, 0.717) is 6.42 Å². The summed E-state index contributed by atoms with van der Waals surface area (Å²) in [5, 5.41) is 2.96. The van der Waals surface area contributed by atoms with Crippen LogP contribution in [0.4, 0.5) is 5.69 Å². The third kappa shape index (κ3) is 2.14. The average molecular weight is 237 g/mol. The summed E-state index contributed by atoms with van der Waals surface area (Å²) in [6, 6.07) is 16.6. The largest absolute Gasteiger partial charge is 0.326 e. The molecule has 1 heterocycles. The van der Waals surface area contributed by atoms with Gasteiger partial charge >= 0.3 is 0 Å². The molecule has 1 amide bonds. The summed E-state index contributed by atoms with van der Waals surface area (Å²) < 4.78 is 0. The molecule has 2 aromatic rings. The van der Waals surface area contributed by atoms with Gasteiger partial charge in [0, 0.05) is 12.1 Å². The summed E-state index contributed by atoms with van der Waals surface area (Å²) in [6.07, 6.45) is 2.52. The lowest BCUT2D eigenvalue weighted by Gasteiger charge is -2.09. The number of amides is 1. The SMILES string of the molecule is O=C1CCCc2cc(-c3ccccc3)ccc2N1. The first-order valence-electron chi connectivity index (χ1n) is 6.31. The average Bonchev–Trinajstić information content (AvgIpc) is 2.59. The van der Waals surface area contributed by atoms with Gasteiger partial charge in [0.1, 0.15) is 0 Å². The zero-order valence-electron chi connectivity index (χ0n) is 10.1. The predicted octanol–water partition coefficient (Wildman–Crippen LogP) is 3.63. The van der Waals surface area contributed by atoms with Crippen LogP contribution in [0, 0.1) is 0 Å². The molecule has 2 heteroatoms. The van der Waals surface area contributed by atoms with Crippen LogP contribution in [0.1, 0.15) is 18.4 Å². The Balaban J connectivity index is 2.01. The van der Waals surface area contributed by atoms with E-state index in [1.807, 2.05) is 24.3 Å². The van der Waals surface area contributed by atoms with E-state index < -0.39 is 0 Å². The molecule has 0 atom stereocenters. The molecule has 1 aliphatic heterocycles. The number of nitrogens with one attached hydrogen (secondary N) is 1. The molecule has 0 bridgehead atoms. The number of carbonyl (C=O) groups excluding carboxylic acids is 1. The van der Waals surface area contributed by atoms with Crippen LogP contribution in [0.5, 0.6) is 0 Å². The summed E-state index contributed by atoms with van der Waals surface area (Å²) in [6.45, 7) is 0. The Hall–Kier alpha value is -2.09. The van der Waals surface area contributed by atoms with E-state index in [1.54, 1.807) is 0 Å². The molecular weight excluding hydrogens is 222 g/mol. The number of anilines is 1. The van der Waals surface area contributed by atoms with Gasteiger partial charge in [-0.3, -0.25) is 4.79 Å². The Morgan fingerprint density at radius 3 is 2.56 bits per heavy atom. The molecule has 0 saturated carbocycles. The van der Waals surface area contributed by atoms with Crippen molar-refractivity contribution in [3.8, 4) is 11.1 Å². The topological polar surface area (TPSA) is 29.1 Å². The number of aryl methyl sites for hydroxylation is 1. The monoisotopic (exact) mass is 237 g/mol. The van der Waals surface area contributed by atoms with Gasteiger partial charge in [0.25, 0.3) is 0 Å². The van der Waals surface area contributed by atoms with Crippen molar-refractivity contribution in [2.75, 3.05) is 5.32 Å². The lowest BCUT2D eigenvalue weighted by molar-refractivity contribution is -0.116. The molecule has 0 aromatic heterocycles. The van der Waals surface area contributed by atoms with Crippen molar-refractivity contribution in [3.05, 3.63) is 54.1 Å². The smallest absolute Gasteiger partial charge is 0.224 e. The minimum atomic E-state index is 0.126. The first kappa shape index (κ1) is 11.0. The van der Waals surface area contributed by atoms with Gasteiger partial charge in [-0.05, 0) is 41.7 Å². The minimum absolute atomic E-state index is 0.126. The maximum absolute atomic E-state index is 11.5. The fourth-order valence-corrected chi connectivity index (χ4v) is 2.38. The number of rotatable bonds is 1. The van der Waals surface area contributed by atoms with Crippen LogP contribution in [0.25, 0.3) is 11.1 Å². The fourth-order valence-electron chi connectivity index (χ4n) is 2.38. The van der Waals surface area contributed by atoms with Gasteiger partial charge in [-0.15, -0.1) is 0 Å². The summed E-state index contributed by atoms with van der Waals surface area (Å²) in [5.74, 6) is 0.126. The van der Waals surface area contributed by atoms with E-state index >= 15 is 0 Å². The number of hydrogen-bond donors (Lipinski definition) is 1. The van der Waals surface area contributed by atoms with E-state index in [2.05, 4.69) is 29.6 Å². The highest BCUT2D eigenvalue weighted by Crippen LogP contribution is 2.28. The molecule has 90 valence electrons. The van der Waals surface area contributed by atoms with Crippen molar-refractivity contribution >= 4 is 11.6 Å². The van der Waals surface area contributed by atoms with Crippen molar-refractivity contribution < 1.29 is 4.79 Å². The van der Waals surface area contributed by atoms with E-state index in [9.17, 15) is 4.79 Å². The molecule has 0 fully saturated rings. The molecule has 0 radical (unpaired) electrons. The van der Waals surface area contributed by atoms with Gasteiger partial charge in [0.15, 0.2) is 0 Å². The highest BCUT2D eigenvalue weighted by molar-refractivity contribution is 5.92. The van der Waals surface area contributed by atoms with E-state index in [1.165, 1.54) is 16.7 Å². The molecule has 2 nitrogen and oxygen atoms in total. The second-order valence-corrected chi connectivity index (χ2v) is 4.64. The first-order chi connectivity index (χ1) is 8.83. The van der Waals surface area contributed by atoms with Crippen molar-refractivity contribution in [2.24, 2.45) is 0 Å². The third-order valence-corrected chi connectivity index (χ3v) is 3.34. The first-order valence-corrected chi connectivity index (χ1v) is 6.31. The van der Waals surface area contributed by atoms with Crippen LogP contribution < -0.4 is 5.32 Å². The molecule has 18 heavy (non-hydrogen) atoms. The Labute approximate surface area is 107 Å². The third-order valence-electron chi connectivity index (χ3n) is 3.34. The summed E-state index contributed by atoms with van der Waals surface area (Å²) in [4.78, 5) is 11.5. The molecule has 1 aliphatic rings. The maximum atomic E-state index is 11.5. The van der Waals surface area contributed by atoms with Gasteiger partial charge in [-0.1, -0.05) is 36.4 Å². The zero-order valence-corrected chi connectivity index (χ0v) is 10.1. The Bertz CT molecular complexity index is 575. The van der Waals surface area contributed by atoms with Crippen LogP contribution in [-0.2, 0) is 11.2 Å². The van der Waals surface area contributed by atoms with Crippen LogP contribution >= 0.6 is 0 Å². The summed E-state index contributed by atoms with van der Waals surface area (Å²) in [7, 11) is 0. The van der Waals surface area contributed by atoms with Crippen LogP contribution in [0.2, 0.25) is 0 Å². The Morgan fingerprint density at radius 1 is 0.889 bits per heavy atom. The number of benzene rings is 2. The van der Waals surface area contributed by atoms with Gasteiger partial charge in [-0.25, -0.2) is 0 Å². The van der Waals surface area contributed by atoms with Crippen LogP contribution in [-0.4, -0.2) is 5.91 Å². The Kier molecular flexibility index (Phi) is 2.85. The van der Waals surface area contributed by atoms with Gasteiger partial charge in [0.2, 0.25) is 5.91 Å². The number of hydrogen-bond acceptors (Lipinski definition) is 1. The van der Waals surface area contributed by atoms with Crippen molar-refractivity contribution in [2.45, 2.75) is 19.3 Å². The van der Waals surface area contributed by atoms with Gasteiger partial charge < -0.3 is 5.32 Å². The van der Waals surface area contributed by atoms with Crippen LogP contribution in [0.15, 0.2) is 48.5 Å². The fraction of sp³-hybridized carbons (Fsp3) is 0.188. The molecule has 1 N–H and O–H groups in total. The standard InChI is InChI=1S/C16H15NO/c18-16-8-4-7-14-11-13(9-10-15(14)17-16)12-5-2-1-3-6-12/h1-3,5-6,9-11H,4,7-8H2,(H,17,18). The van der Waals surface area contributed by atoms with Crippen molar-refractivity contribution in [1.82, 2.24) is 0 Å². The van der Waals surface area contributed by atoms with Crippen molar-refractivity contribution in [1.29, 1.82) is 0 Å². The molecule has 0 aliphatic carbocycles. The summed E-state index contributed by atoms with van der Waals surface area (Å²) >= 11 is 0. The second-order valence-electron chi connectivity index (χ2n) is 4.64. The lowest BCUT2D eigenvalue weighted by atomic mass is 10.00. The molecule has 2 aromatic carbocycles. The van der Waals surface area contributed by atoms with E-state index in [4.69, 9.17) is 0 Å². The second kappa shape index (κ2) is 4.65. The Morgan fingerprint density at radius 2 is 1.72 bits per heavy atom. The molecule has 0 unspecified atom stereocenters. The van der Waals surface area contributed by atoms with E-state index in [-0.39, 0.29) is 5.91 Å². The molecular formula is C16H15NO. The highest BCUT2D eigenvalue weighted by atomic mass is 16.1. The molecule has 0 saturated heterocycles. The van der Waals surface area contributed by atoms with Crippen LogP contribution in [0.3, 0.4) is 0 Å². The molecule has 3 rings (SSSR count). The maximum Gasteiger partial charge on any atom is 0.224 e. The summed E-state index contributed by atoms with van der Waals surface area (Å²) in [5.41, 5.74) is 4.64. The van der Waals surface area contributed by atoms with Gasteiger partial charge in [0.05, 0.1) is 0 Å².